The van der Waals surface area contributed by atoms with Crippen LogP contribution in [0, 0.1) is 5.92 Å². The lowest BCUT2D eigenvalue weighted by molar-refractivity contribution is -0.134. The van der Waals surface area contributed by atoms with Crippen LogP contribution in [0.3, 0.4) is 0 Å². The summed E-state index contributed by atoms with van der Waals surface area (Å²) in [7, 11) is 1.32. The zero-order chi connectivity index (χ0) is 11.3. The summed E-state index contributed by atoms with van der Waals surface area (Å²) in [5.74, 6) is -0.297. The predicted octanol–water partition coefficient (Wildman–Crippen LogP) is 2.10. The second-order valence-corrected chi connectivity index (χ2v) is 4.82. The van der Waals surface area contributed by atoms with Gasteiger partial charge in [-0.15, -0.1) is 0 Å². The minimum absolute atomic E-state index is 0.104. The molecule has 1 aliphatic carbocycles. The average Bonchev–Trinajstić information content (AvgIpc) is 2.64. The van der Waals surface area contributed by atoms with E-state index >= 15 is 0 Å². The van der Waals surface area contributed by atoms with Crippen LogP contribution in [0.15, 0.2) is 11.5 Å². The molecule has 0 spiro atoms. The molecular formula is C10H12O3S2. The van der Waals surface area contributed by atoms with Gasteiger partial charge in [0, 0.05) is 12.5 Å². The number of carbonyl (C=O) groups excluding carboxylic acids is 2. The molecule has 1 fully saturated rings. The molecule has 1 rings (SSSR count). The van der Waals surface area contributed by atoms with E-state index in [4.69, 9.17) is 12.2 Å². The molecule has 0 N–H and O–H groups in total. The summed E-state index contributed by atoms with van der Waals surface area (Å²) in [6, 6.07) is 0. The molecule has 1 saturated carbocycles. The molecule has 1 unspecified atom stereocenters. The van der Waals surface area contributed by atoms with E-state index in [2.05, 4.69) is 4.74 Å². The molecule has 5 heteroatoms. The molecule has 0 aromatic rings. The van der Waals surface area contributed by atoms with Crippen molar-refractivity contribution in [3.8, 4) is 0 Å². The highest BCUT2D eigenvalue weighted by Gasteiger charge is 2.27. The monoisotopic (exact) mass is 244 g/mol. The van der Waals surface area contributed by atoms with E-state index in [-0.39, 0.29) is 11.7 Å². The summed E-state index contributed by atoms with van der Waals surface area (Å²) in [5, 5.41) is 1.57. The van der Waals surface area contributed by atoms with Gasteiger partial charge in [-0.3, -0.25) is 4.79 Å². The van der Waals surface area contributed by atoms with Crippen LogP contribution >= 0.6 is 24.0 Å². The van der Waals surface area contributed by atoms with Crippen molar-refractivity contribution in [2.24, 2.45) is 5.92 Å². The average molecular weight is 244 g/mol. The molecule has 1 atom stereocenters. The molecule has 82 valence electrons. The van der Waals surface area contributed by atoms with E-state index in [1.54, 1.807) is 5.41 Å². The fraction of sp³-hybridized carbons (Fsp3) is 0.500. The number of rotatable bonds is 3. The van der Waals surface area contributed by atoms with E-state index in [9.17, 15) is 9.59 Å². The Morgan fingerprint density at radius 2 is 2.40 bits per heavy atom. The van der Waals surface area contributed by atoms with Crippen LogP contribution in [0.1, 0.15) is 19.3 Å². The van der Waals surface area contributed by atoms with Crippen molar-refractivity contribution in [2.75, 3.05) is 7.11 Å². The lowest BCUT2D eigenvalue weighted by Crippen LogP contribution is -2.13. The summed E-state index contributed by atoms with van der Waals surface area (Å²) in [4.78, 5) is 22.1. The van der Waals surface area contributed by atoms with Crippen molar-refractivity contribution < 1.29 is 14.3 Å². The SMILES string of the molecule is COC(=O)/C=C/SC(=S)C1CCCC1=O. The zero-order valence-electron chi connectivity index (χ0n) is 8.39. The fourth-order valence-electron chi connectivity index (χ4n) is 1.37. The molecule has 0 heterocycles. The number of methoxy groups -OCH3 is 1. The molecule has 0 bridgehead atoms. The number of ketones is 1. The molecule has 0 radical (unpaired) electrons. The van der Waals surface area contributed by atoms with Gasteiger partial charge in [-0.05, 0) is 18.2 Å². The van der Waals surface area contributed by atoms with Crippen LogP contribution in [0.25, 0.3) is 0 Å². The Kier molecular flexibility index (Phi) is 4.98. The number of ether oxygens (including phenoxy) is 1. The van der Waals surface area contributed by atoms with Crippen LogP contribution in [0.2, 0.25) is 0 Å². The molecule has 1 aliphatic rings. The zero-order valence-corrected chi connectivity index (χ0v) is 10.0. The van der Waals surface area contributed by atoms with Crippen LogP contribution in [-0.2, 0) is 14.3 Å². The molecule has 15 heavy (non-hydrogen) atoms. The van der Waals surface area contributed by atoms with Gasteiger partial charge < -0.3 is 4.74 Å². The predicted molar refractivity (Wildman–Crippen MR) is 63.7 cm³/mol. The van der Waals surface area contributed by atoms with Crippen molar-refractivity contribution in [3.05, 3.63) is 11.5 Å². The highest BCUT2D eigenvalue weighted by Crippen LogP contribution is 2.27. The Labute approximate surface area is 98.2 Å². The van der Waals surface area contributed by atoms with Gasteiger partial charge in [-0.2, -0.15) is 0 Å². The molecule has 0 aliphatic heterocycles. The largest absolute Gasteiger partial charge is 0.466 e. The maximum atomic E-state index is 11.4. The fourth-order valence-corrected chi connectivity index (χ4v) is 2.51. The van der Waals surface area contributed by atoms with Gasteiger partial charge in [0.2, 0.25) is 0 Å². The van der Waals surface area contributed by atoms with E-state index < -0.39 is 5.97 Å². The molecule has 3 nitrogen and oxygen atoms in total. The molecule has 0 saturated heterocycles. The summed E-state index contributed by atoms with van der Waals surface area (Å²) < 4.78 is 5.08. The summed E-state index contributed by atoms with van der Waals surface area (Å²) >= 11 is 6.37. The van der Waals surface area contributed by atoms with Gasteiger partial charge in [0.05, 0.1) is 17.2 Å². The third-order valence-corrected chi connectivity index (χ3v) is 3.54. The standard InChI is InChI=1S/C10H12O3S2/c1-13-9(12)5-6-15-10(14)7-3-2-4-8(7)11/h5-7H,2-4H2,1H3/b6-5+. The normalized spacial score (nSPS) is 20.9. The Hall–Kier alpha value is -0.680. The van der Waals surface area contributed by atoms with E-state index in [1.165, 1.54) is 24.9 Å². The Morgan fingerprint density at radius 3 is 2.93 bits per heavy atom. The molecule has 0 aromatic carbocycles. The maximum Gasteiger partial charge on any atom is 0.330 e. The highest BCUT2D eigenvalue weighted by atomic mass is 32.2. The third-order valence-electron chi connectivity index (χ3n) is 2.18. The van der Waals surface area contributed by atoms with Crippen LogP contribution in [0.4, 0.5) is 0 Å². The topological polar surface area (TPSA) is 43.4 Å². The van der Waals surface area contributed by atoms with Crippen molar-refractivity contribution in [2.45, 2.75) is 19.3 Å². The van der Waals surface area contributed by atoms with Gasteiger partial charge in [0.1, 0.15) is 5.78 Å². The van der Waals surface area contributed by atoms with Gasteiger partial charge in [-0.1, -0.05) is 24.0 Å². The summed E-state index contributed by atoms with van der Waals surface area (Å²) in [6.07, 6.45) is 3.70. The highest BCUT2D eigenvalue weighted by molar-refractivity contribution is 8.25. The third kappa shape index (κ3) is 3.76. The number of esters is 1. The minimum atomic E-state index is -0.414. The van der Waals surface area contributed by atoms with Crippen molar-refractivity contribution >= 4 is 39.9 Å². The minimum Gasteiger partial charge on any atom is -0.466 e. The Balaban J connectivity index is 2.39. The van der Waals surface area contributed by atoms with Gasteiger partial charge in [0.15, 0.2) is 0 Å². The number of carbonyl (C=O) groups is 2. The molecule has 0 amide bonds. The van der Waals surface area contributed by atoms with Gasteiger partial charge in [-0.25, -0.2) is 4.79 Å². The Bertz CT molecular complexity index is 310. The summed E-state index contributed by atoms with van der Waals surface area (Å²) in [5.41, 5.74) is 0. The van der Waals surface area contributed by atoms with Gasteiger partial charge >= 0.3 is 5.97 Å². The number of hydrogen-bond acceptors (Lipinski definition) is 5. The van der Waals surface area contributed by atoms with Crippen molar-refractivity contribution in [1.29, 1.82) is 0 Å². The van der Waals surface area contributed by atoms with Crippen LogP contribution in [-0.4, -0.2) is 23.1 Å². The van der Waals surface area contributed by atoms with E-state index in [0.717, 1.165) is 12.8 Å². The first-order valence-electron chi connectivity index (χ1n) is 4.63. The lowest BCUT2D eigenvalue weighted by Gasteiger charge is -2.05. The quantitative estimate of drug-likeness (QED) is 0.432. The summed E-state index contributed by atoms with van der Waals surface area (Å²) in [6.45, 7) is 0. The number of hydrogen-bond donors (Lipinski definition) is 0. The van der Waals surface area contributed by atoms with Gasteiger partial charge in [0.25, 0.3) is 0 Å². The Morgan fingerprint density at radius 1 is 1.67 bits per heavy atom. The van der Waals surface area contributed by atoms with E-state index in [1.807, 2.05) is 0 Å². The number of thioether (sulfide) groups is 1. The smallest absolute Gasteiger partial charge is 0.330 e. The number of Topliss-reactive ketones (excluding diaryl/α,β-unsaturated/α-hetero) is 1. The second-order valence-electron chi connectivity index (χ2n) is 3.17. The van der Waals surface area contributed by atoms with Crippen LogP contribution < -0.4 is 0 Å². The molecular weight excluding hydrogens is 232 g/mol. The van der Waals surface area contributed by atoms with Crippen LogP contribution in [0.5, 0.6) is 0 Å². The molecule has 0 aromatic heterocycles. The van der Waals surface area contributed by atoms with Crippen molar-refractivity contribution in [1.82, 2.24) is 0 Å². The maximum absolute atomic E-state index is 11.4. The lowest BCUT2D eigenvalue weighted by atomic mass is 10.1. The first kappa shape index (κ1) is 12.4. The number of thiocarbonyl (C=S) groups is 1. The first-order chi connectivity index (χ1) is 7.15. The van der Waals surface area contributed by atoms with Crippen molar-refractivity contribution in [3.63, 3.8) is 0 Å². The second kappa shape index (κ2) is 6.02. The van der Waals surface area contributed by atoms with E-state index in [0.29, 0.717) is 10.6 Å². The first-order valence-corrected chi connectivity index (χ1v) is 5.91.